The molecule has 2 heterocycles. The fourth-order valence-corrected chi connectivity index (χ4v) is 4.82. The van der Waals surface area contributed by atoms with Crippen LogP contribution in [0.15, 0.2) is 97.1 Å². The number of hydrogen-bond donors (Lipinski definition) is 2. The van der Waals surface area contributed by atoms with E-state index in [1.165, 1.54) is 9.80 Å². The number of nitrogens with one attached hydrogen (secondary N) is 2. The molecular formula is C31H24N4O4. The van der Waals surface area contributed by atoms with Gasteiger partial charge in [0.05, 0.1) is 35.6 Å². The first-order valence-corrected chi connectivity index (χ1v) is 12.6. The predicted octanol–water partition coefficient (Wildman–Crippen LogP) is 4.61. The van der Waals surface area contributed by atoms with Crippen molar-refractivity contribution in [1.82, 2.24) is 9.80 Å². The lowest BCUT2D eigenvalue weighted by Crippen LogP contribution is -2.34. The fraction of sp³-hybridized carbons (Fsp3) is 0.0968. The third kappa shape index (κ3) is 4.53. The van der Waals surface area contributed by atoms with Crippen LogP contribution in [0.3, 0.4) is 0 Å². The molecule has 0 aromatic heterocycles. The molecule has 39 heavy (non-hydrogen) atoms. The van der Waals surface area contributed by atoms with Gasteiger partial charge in [-0.3, -0.25) is 29.0 Å². The van der Waals surface area contributed by atoms with E-state index in [1.807, 2.05) is 48.5 Å². The lowest BCUT2D eigenvalue weighted by molar-refractivity contribution is 0.0650. The molecule has 8 heteroatoms. The van der Waals surface area contributed by atoms with E-state index in [2.05, 4.69) is 10.6 Å². The molecule has 4 aromatic carbocycles. The van der Waals surface area contributed by atoms with Crippen LogP contribution in [0.4, 0.5) is 11.4 Å². The van der Waals surface area contributed by atoms with Gasteiger partial charge in [-0.05, 0) is 66.1 Å². The molecular weight excluding hydrogens is 492 g/mol. The Labute approximate surface area is 224 Å². The molecule has 0 aliphatic carbocycles. The number of fused-ring (bicyclic) bond motifs is 2. The van der Waals surface area contributed by atoms with Crippen molar-refractivity contribution in [2.75, 3.05) is 24.0 Å². The first-order valence-electron chi connectivity index (χ1n) is 12.6. The van der Waals surface area contributed by atoms with Crippen LogP contribution in [-0.4, -0.2) is 46.8 Å². The molecule has 6 rings (SSSR count). The fourth-order valence-electron chi connectivity index (χ4n) is 4.82. The number of imide groups is 2. The monoisotopic (exact) mass is 516 g/mol. The second kappa shape index (κ2) is 9.90. The van der Waals surface area contributed by atoms with Crippen molar-refractivity contribution >= 4 is 35.0 Å². The molecule has 0 unspecified atom stereocenters. The number of amides is 4. The first-order chi connectivity index (χ1) is 19.0. The third-order valence-corrected chi connectivity index (χ3v) is 6.96. The minimum absolute atomic E-state index is 0.0981. The Morgan fingerprint density at radius 1 is 0.436 bits per heavy atom. The van der Waals surface area contributed by atoms with Crippen LogP contribution < -0.4 is 10.6 Å². The largest absolute Gasteiger partial charge is 0.367 e. The van der Waals surface area contributed by atoms with E-state index in [9.17, 15) is 19.2 Å². The van der Waals surface area contributed by atoms with E-state index >= 15 is 0 Å². The number of benzene rings is 4. The molecule has 2 aliphatic heterocycles. The highest BCUT2D eigenvalue weighted by Crippen LogP contribution is 2.24. The molecule has 4 aromatic rings. The molecule has 0 fully saturated rings. The van der Waals surface area contributed by atoms with E-state index < -0.39 is 0 Å². The quantitative estimate of drug-likeness (QED) is 0.332. The molecule has 2 N–H and O–H groups in total. The Morgan fingerprint density at radius 3 is 1.05 bits per heavy atom. The number of anilines is 2. The maximum atomic E-state index is 12.5. The summed E-state index contributed by atoms with van der Waals surface area (Å²) in [5.41, 5.74) is 5.56. The van der Waals surface area contributed by atoms with Crippen molar-refractivity contribution < 1.29 is 19.2 Å². The SMILES string of the molecule is O=C1c2ccccc2C(=O)N1CNc1ccc(Cc2ccc(NCN3C(=O)c4ccccc4C3=O)cc2)cc1. The summed E-state index contributed by atoms with van der Waals surface area (Å²) in [6, 6.07) is 29.4. The summed E-state index contributed by atoms with van der Waals surface area (Å²) in [7, 11) is 0. The van der Waals surface area contributed by atoms with Crippen molar-refractivity contribution in [3.05, 3.63) is 130 Å². The molecule has 0 saturated heterocycles. The highest BCUT2D eigenvalue weighted by molar-refractivity contribution is 6.22. The van der Waals surface area contributed by atoms with Crippen LogP contribution in [0.5, 0.6) is 0 Å². The van der Waals surface area contributed by atoms with E-state index in [0.717, 1.165) is 28.9 Å². The summed E-state index contributed by atoms with van der Waals surface area (Å²) in [6.45, 7) is 0.196. The molecule has 0 saturated carbocycles. The van der Waals surface area contributed by atoms with Crippen molar-refractivity contribution in [1.29, 1.82) is 0 Å². The van der Waals surface area contributed by atoms with Gasteiger partial charge in [0.15, 0.2) is 0 Å². The second-order valence-corrected chi connectivity index (χ2v) is 9.41. The van der Waals surface area contributed by atoms with Crippen LogP contribution in [-0.2, 0) is 6.42 Å². The number of carbonyl (C=O) groups is 4. The van der Waals surface area contributed by atoms with Crippen molar-refractivity contribution in [2.45, 2.75) is 6.42 Å². The molecule has 4 amide bonds. The Bertz CT molecular complexity index is 1420. The van der Waals surface area contributed by atoms with E-state index in [1.54, 1.807) is 48.5 Å². The van der Waals surface area contributed by atoms with Crippen LogP contribution in [0.1, 0.15) is 52.6 Å². The second-order valence-electron chi connectivity index (χ2n) is 9.41. The summed E-state index contributed by atoms with van der Waals surface area (Å²) in [4.78, 5) is 52.5. The van der Waals surface area contributed by atoms with Crippen molar-refractivity contribution in [2.24, 2.45) is 0 Å². The van der Waals surface area contributed by atoms with Gasteiger partial charge in [-0.15, -0.1) is 0 Å². The molecule has 0 radical (unpaired) electrons. The molecule has 192 valence electrons. The summed E-state index contributed by atoms with van der Waals surface area (Å²) in [5, 5.41) is 6.31. The van der Waals surface area contributed by atoms with Crippen LogP contribution in [0.2, 0.25) is 0 Å². The van der Waals surface area contributed by atoms with Gasteiger partial charge < -0.3 is 10.6 Å². The van der Waals surface area contributed by atoms with E-state index in [-0.39, 0.29) is 37.0 Å². The molecule has 2 aliphatic rings. The van der Waals surface area contributed by atoms with Gasteiger partial charge in [0, 0.05) is 11.4 Å². The maximum Gasteiger partial charge on any atom is 0.263 e. The smallest absolute Gasteiger partial charge is 0.263 e. The highest BCUT2D eigenvalue weighted by atomic mass is 16.2. The summed E-state index contributed by atoms with van der Waals surface area (Å²) in [6.07, 6.45) is 0.720. The van der Waals surface area contributed by atoms with Crippen LogP contribution in [0, 0.1) is 0 Å². The third-order valence-electron chi connectivity index (χ3n) is 6.96. The average Bonchev–Trinajstić information content (AvgIpc) is 3.36. The van der Waals surface area contributed by atoms with E-state index in [4.69, 9.17) is 0 Å². The summed E-state index contributed by atoms with van der Waals surface area (Å²) < 4.78 is 0. The minimum atomic E-state index is -0.290. The van der Waals surface area contributed by atoms with Gasteiger partial charge in [-0.25, -0.2) is 0 Å². The van der Waals surface area contributed by atoms with Gasteiger partial charge in [0.2, 0.25) is 0 Å². The zero-order chi connectivity index (χ0) is 26.9. The highest BCUT2D eigenvalue weighted by Gasteiger charge is 2.35. The van der Waals surface area contributed by atoms with E-state index in [0.29, 0.717) is 22.3 Å². The van der Waals surface area contributed by atoms with Gasteiger partial charge in [-0.2, -0.15) is 0 Å². The van der Waals surface area contributed by atoms with Crippen LogP contribution in [0.25, 0.3) is 0 Å². The van der Waals surface area contributed by atoms with Gasteiger partial charge in [0.25, 0.3) is 23.6 Å². The van der Waals surface area contributed by atoms with Gasteiger partial charge >= 0.3 is 0 Å². The lowest BCUT2D eigenvalue weighted by atomic mass is 10.0. The average molecular weight is 517 g/mol. The zero-order valence-corrected chi connectivity index (χ0v) is 20.9. The molecule has 0 spiro atoms. The molecule has 0 atom stereocenters. The van der Waals surface area contributed by atoms with Crippen molar-refractivity contribution in [3.8, 4) is 0 Å². The standard InChI is InChI=1S/C31H24N4O4/c36-28-24-5-1-2-6-25(24)29(37)34(28)18-32-22-13-9-20(10-14-22)17-21-11-15-23(16-12-21)33-19-35-30(38)26-7-3-4-8-27(26)31(35)39/h1-16,32-33H,17-19H2. The summed E-state index contributed by atoms with van der Waals surface area (Å²) in [5.74, 6) is -1.16. The summed E-state index contributed by atoms with van der Waals surface area (Å²) >= 11 is 0. The number of carbonyl (C=O) groups excluding carboxylic acids is 4. The number of nitrogens with zero attached hydrogens (tertiary/aromatic N) is 2. The predicted molar refractivity (Wildman–Crippen MR) is 147 cm³/mol. The van der Waals surface area contributed by atoms with Crippen molar-refractivity contribution in [3.63, 3.8) is 0 Å². The number of rotatable bonds is 8. The van der Waals surface area contributed by atoms with Crippen LogP contribution >= 0.6 is 0 Å². The Kier molecular flexibility index (Phi) is 6.13. The Morgan fingerprint density at radius 2 is 0.744 bits per heavy atom. The number of hydrogen-bond acceptors (Lipinski definition) is 6. The Hall–Kier alpha value is -5.24. The van der Waals surface area contributed by atoms with Gasteiger partial charge in [-0.1, -0.05) is 48.5 Å². The molecule has 0 bridgehead atoms. The maximum absolute atomic E-state index is 12.5. The lowest BCUT2D eigenvalue weighted by Gasteiger charge is -2.16. The molecule has 8 nitrogen and oxygen atoms in total. The minimum Gasteiger partial charge on any atom is -0.367 e. The first kappa shape index (κ1) is 24.1. The Balaban J connectivity index is 1.01. The van der Waals surface area contributed by atoms with Gasteiger partial charge in [0.1, 0.15) is 0 Å². The zero-order valence-electron chi connectivity index (χ0n) is 20.9. The normalized spacial score (nSPS) is 14.1. The topological polar surface area (TPSA) is 98.8 Å².